The number of nitrogens with one attached hydrogen (secondary N) is 1. The molecule has 0 aliphatic heterocycles. The van der Waals surface area contributed by atoms with Gasteiger partial charge in [-0.05, 0) is 75.6 Å². The third-order valence-electron chi connectivity index (χ3n) is 6.86. The van der Waals surface area contributed by atoms with Gasteiger partial charge in [-0.15, -0.1) is 0 Å². The molecule has 3 aromatic rings. The van der Waals surface area contributed by atoms with E-state index < -0.39 is 28.5 Å². The van der Waals surface area contributed by atoms with Crippen molar-refractivity contribution in [2.75, 3.05) is 17.4 Å². The average molecular weight is 619 g/mol. The molecule has 1 unspecified atom stereocenters. The molecule has 0 aliphatic carbocycles. The summed E-state index contributed by atoms with van der Waals surface area (Å²) in [5.41, 5.74) is 3.53. The van der Waals surface area contributed by atoms with Gasteiger partial charge in [0.1, 0.15) is 12.6 Å². The second kappa shape index (κ2) is 14.2. The fraction of sp³-hybridized carbons (Fsp3) is 0.355. The Bertz CT molecular complexity index is 1490. The number of hydrogen-bond donors (Lipinski definition) is 1. The summed E-state index contributed by atoms with van der Waals surface area (Å²) in [6.07, 6.45) is 1.70. The molecule has 41 heavy (non-hydrogen) atoms. The number of nitrogens with zero attached hydrogens (tertiary/aromatic N) is 2. The number of rotatable bonds is 12. The highest BCUT2D eigenvalue weighted by Gasteiger charge is 2.33. The monoisotopic (exact) mass is 617 g/mol. The first kappa shape index (κ1) is 32.4. The predicted octanol–water partition coefficient (Wildman–Crippen LogP) is 6.45. The number of benzene rings is 3. The maximum absolute atomic E-state index is 14.1. The van der Waals surface area contributed by atoms with E-state index >= 15 is 0 Å². The zero-order chi connectivity index (χ0) is 30.3. The summed E-state index contributed by atoms with van der Waals surface area (Å²) >= 11 is 12.5. The first-order chi connectivity index (χ1) is 19.3. The van der Waals surface area contributed by atoms with Gasteiger partial charge in [0.2, 0.25) is 11.8 Å². The Balaban J connectivity index is 2.06. The Hall–Kier alpha value is -3.07. The van der Waals surface area contributed by atoms with Crippen LogP contribution in [0.5, 0.6) is 0 Å². The second-order valence-electron chi connectivity index (χ2n) is 10.2. The predicted molar refractivity (Wildman–Crippen MR) is 166 cm³/mol. The Morgan fingerprint density at radius 1 is 0.927 bits per heavy atom. The van der Waals surface area contributed by atoms with Gasteiger partial charge in [0.05, 0.1) is 10.6 Å². The highest BCUT2D eigenvalue weighted by molar-refractivity contribution is 7.92. The molecule has 0 fully saturated rings. The summed E-state index contributed by atoms with van der Waals surface area (Å²) in [7, 11) is -4.14. The topological polar surface area (TPSA) is 86.8 Å². The van der Waals surface area contributed by atoms with Crippen molar-refractivity contribution in [3.63, 3.8) is 0 Å². The van der Waals surface area contributed by atoms with Crippen LogP contribution in [-0.2, 0) is 26.2 Å². The van der Waals surface area contributed by atoms with Crippen molar-refractivity contribution in [2.24, 2.45) is 0 Å². The van der Waals surface area contributed by atoms with E-state index in [1.54, 1.807) is 56.3 Å². The number of amides is 2. The quantitative estimate of drug-likeness (QED) is 0.237. The highest BCUT2D eigenvalue weighted by atomic mass is 35.5. The van der Waals surface area contributed by atoms with Gasteiger partial charge in [0.25, 0.3) is 10.0 Å². The number of sulfonamides is 1. The van der Waals surface area contributed by atoms with Crippen molar-refractivity contribution in [1.29, 1.82) is 0 Å². The van der Waals surface area contributed by atoms with E-state index in [2.05, 4.69) is 5.32 Å². The van der Waals surface area contributed by atoms with Gasteiger partial charge in [0.15, 0.2) is 0 Å². The molecule has 0 saturated heterocycles. The molecule has 0 aromatic heterocycles. The average Bonchev–Trinajstić information content (AvgIpc) is 2.91. The van der Waals surface area contributed by atoms with E-state index in [0.29, 0.717) is 33.4 Å². The maximum atomic E-state index is 14.1. The van der Waals surface area contributed by atoms with Crippen LogP contribution in [0, 0.1) is 20.8 Å². The molecule has 0 radical (unpaired) electrons. The highest BCUT2D eigenvalue weighted by Crippen LogP contribution is 2.29. The third kappa shape index (κ3) is 8.24. The smallest absolute Gasteiger partial charge is 0.264 e. The Morgan fingerprint density at radius 2 is 1.59 bits per heavy atom. The van der Waals surface area contributed by atoms with E-state index in [0.717, 1.165) is 28.3 Å². The Labute approximate surface area is 253 Å². The fourth-order valence-electron chi connectivity index (χ4n) is 4.39. The SMILES string of the molecule is CCCCNC(=O)C(C)N(Cc1ccc(Cl)cc1Cl)C(=O)CN(c1ccc(C)cc1C)S(=O)(=O)c1ccc(C)cc1. The molecule has 1 atom stereocenters. The summed E-state index contributed by atoms with van der Waals surface area (Å²) in [5, 5.41) is 3.65. The van der Waals surface area contributed by atoms with Crippen molar-refractivity contribution in [3.8, 4) is 0 Å². The van der Waals surface area contributed by atoms with Gasteiger partial charge in [-0.3, -0.25) is 13.9 Å². The number of carbonyl (C=O) groups excluding carboxylic acids is 2. The Kier molecular flexibility index (Phi) is 11.2. The molecule has 3 aromatic carbocycles. The molecule has 0 heterocycles. The molecule has 3 rings (SSSR count). The molecule has 2 amide bonds. The molecule has 10 heteroatoms. The zero-order valence-electron chi connectivity index (χ0n) is 24.1. The number of halogens is 2. The minimum absolute atomic E-state index is 0.0114. The lowest BCUT2D eigenvalue weighted by molar-refractivity contribution is -0.139. The minimum Gasteiger partial charge on any atom is -0.354 e. The maximum Gasteiger partial charge on any atom is 0.264 e. The molecule has 1 N–H and O–H groups in total. The molecule has 0 aliphatic rings. The van der Waals surface area contributed by atoms with Crippen LogP contribution in [0.1, 0.15) is 48.9 Å². The number of carbonyl (C=O) groups is 2. The third-order valence-corrected chi connectivity index (χ3v) is 9.22. The lowest BCUT2D eigenvalue weighted by atomic mass is 10.1. The van der Waals surface area contributed by atoms with Gasteiger partial charge in [-0.25, -0.2) is 8.42 Å². The van der Waals surface area contributed by atoms with Crippen molar-refractivity contribution < 1.29 is 18.0 Å². The minimum atomic E-state index is -4.14. The Morgan fingerprint density at radius 3 is 2.20 bits per heavy atom. The van der Waals surface area contributed by atoms with Crippen LogP contribution in [0.4, 0.5) is 5.69 Å². The second-order valence-corrected chi connectivity index (χ2v) is 12.9. The summed E-state index contributed by atoms with van der Waals surface area (Å²) in [4.78, 5) is 28.6. The van der Waals surface area contributed by atoms with Crippen molar-refractivity contribution in [2.45, 2.75) is 64.9 Å². The van der Waals surface area contributed by atoms with Gasteiger partial charge in [0, 0.05) is 23.1 Å². The van der Waals surface area contributed by atoms with Crippen LogP contribution in [-0.4, -0.2) is 44.3 Å². The summed E-state index contributed by atoms with van der Waals surface area (Å²) in [6.45, 7) is 9.18. The van der Waals surface area contributed by atoms with E-state index in [1.165, 1.54) is 17.0 Å². The zero-order valence-corrected chi connectivity index (χ0v) is 26.4. The molecular formula is C31H37Cl2N3O4S. The number of aryl methyl sites for hydroxylation is 3. The molecule has 0 bridgehead atoms. The van der Waals surface area contributed by atoms with E-state index in [9.17, 15) is 18.0 Å². The largest absolute Gasteiger partial charge is 0.354 e. The lowest BCUT2D eigenvalue weighted by Gasteiger charge is -2.32. The van der Waals surface area contributed by atoms with E-state index in [1.807, 2.05) is 26.8 Å². The summed E-state index contributed by atoms with van der Waals surface area (Å²) in [5.74, 6) is -0.888. The molecular weight excluding hydrogens is 581 g/mol. The lowest BCUT2D eigenvalue weighted by Crippen LogP contribution is -2.51. The van der Waals surface area contributed by atoms with Crippen LogP contribution in [0.2, 0.25) is 10.0 Å². The van der Waals surface area contributed by atoms with E-state index in [4.69, 9.17) is 23.2 Å². The van der Waals surface area contributed by atoms with Gasteiger partial charge in [-0.2, -0.15) is 0 Å². The van der Waals surface area contributed by atoms with Gasteiger partial charge < -0.3 is 10.2 Å². The molecule has 0 saturated carbocycles. The van der Waals surface area contributed by atoms with Crippen LogP contribution in [0.3, 0.4) is 0 Å². The summed E-state index contributed by atoms with van der Waals surface area (Å²) in [6, 6.07) is 15.9. The molecule has 7 nitrogen and oxygen atoms in total. The fourth-order valence-corrected chi connectivity index (χ4v) is 6.34. The normalized spacial score (nSPS) is 12.1. The van der Waals surface area contributed by atoms with Crippen molar-refractivity contribution in [1.82, 2.24) is 10.2 Å². The first-order valence-corrected chi connectivity index (χ1v) is 15.7. The summed E-state index contributed by atoms with van der Waals surface area (Å²) < 4.78 is 29.1. The van der Waals surface area contributed by atoms with Crippen LogP contribution >= 0.6 is 23.2 Å². The molecule has 0 spiro atoms. The van der Waals surface area contributed by atoms with Crippen molar-refractivity contribution in [3.05, 3.63) is 93.0 Å². The van der Waals surface area contributed by atoms with Crippen LogP contribution < -0.4 is 9.62 Å². The van der Waals surface area contributed by atoms with E-state index in [-0.39, 0.29) is 17.3 Å². The van der Waals surface area contributed by atoms with Gasteiger partial charge >= 0.3 is 0 Å². The van der Waals surface area contributed by atoms with Crippen molar-refractivity contribution >= 4 is 50.7 Å². The van der Waals surface area contributed by atoms with Crippen LogP contribution in [0.25, 0.3) is 0 Å². The van der Waals surface area contributed by atoms with Gasteiger partial charge in [-0.1, -0.05) is 78.0 Å². The van der Waals surface area contributed by atoms with Crippen LogP contribution in [0.15, 0.2) is 65.6 Å². The first-order valence-electron chi connectivity index (χ1n) is 13.5. The number of unbranched alkanes of at least 4 members (excludes halogenated alkanes) is 1. The number of hydrogen-bond acceptors (Lipinski definition) is 4. The standard InChI is InChI=1S/C31H37Cl2N3O4S/c1-6-7-16-34-31(38)24(5)35(19-25-11-12-26(32)18-28(25)33)30(37)20-36(29-15-10-22(3)17-23(29)4)41(39,40)27-13-8-21(2)9-14-27/h8-15,17-18,24H,6-7,16,19-20H2,1-5H3,(H,34,38). The number of anilines is 1. The molecule has 220 valence electrons.